The van der Waals surface area contributed by atoms with Gasteiger partial charge in [-0.15, -0.1) is 0 Å². The Labute approximate surface area is 133 Å². The summed E-state index contributed by atoms with van der Waals surface area (Å²) in [5.41, 5.74) is 3.71. The van der Waals surface area contributed by atoms with Gasteiger partial charge in [0.2, 0.25) is 0 Å². The summed E-state index contributed by atoms with van der Waals surface area (Å²) < 4.78 is 7.40. The predicted octanol–water partition coefficient (Wildman–Crippen LogP) is 1.73. The molecule has 7 heteroatoms. The van der Waals surface area contributed by atoms with Gasteiger partial charge in [-0.05, 0) is 32.4 Å². The Kier molecular flexibility index (Phi) is 3.33. The fraction of sp³-hybridized carbons (Fsp3) is 0.375. The number of fused-ring (bicyclic) bond motifs is 2. The van der Waals surface area contributed by atoms with Crippen LogP contribution in [0.25, 0.3) is 5.65 Å². The molecule has 0 radical (unpaired) electrons. The number of nitrogens with one attached hydrogen (secondary N) is 1. The number of pyridine rings is 1. The Morgan fingerprint density at radius 2 is 2.13 bits per heavy atom. The third kappa shape index (κ3) is 2.58. The second-order valence-corrected chi connectivity index (χ2v) is 5.67. The Balaban J connectivity index is 1.55. The van der Waals surface area contributed by atoms with Gasteiger partial charge in [0.25, 0.3) is 0 Å². The molecule has 0 atom stereocenters. The van der Waals surface area contributed by atoms with Crippen molar-refractivity contribution in [1.82, 2.24) is 24.6 Å². The fourth-order valence-corrected chi connectivity index (χ4v) is 2.68. The van der Waals surface area contributed by atoms with Crippen molar-refractivity contribution in [3.8, 4) is 5.75 Å². The first-order chi connectivity index (χ1) is 11.2. The molecule has 1 aliphatic heterocycles. The monoisotopic (exact) mass is 310 g/mol. The zero-order chi connectivity index (χ0) is 15.8. The van der Waals surface area contributed by atoms with Gasteiger partial charge in [0, 0.05) is 18.3 Å². The second kappa shape index (κ2) is 5.49. The molecule has 4 heterocycles. The molecule has 1 N–H and O–H groups in total. The maximum absolute atomic E-state index is 5.55. The molecule has 0 aromatic carbocycles. The second-order valence-electron chi connectivity index (χ2n) is 5.67. The minimum atomic E-state index is 0.686. The van der Waals surface area contributed by atoms with Crippen LogP contribution in [0.15, 0.2) is 18.3 Å². The molecule has 0 saturated heterocycles. The Hall–Kier alpha value is -2.70. The van der Waals surface area contributed by atoms with Crippen molar-refractivity contribution in [3.63, 3.8) is 0 Å². The highest BCUT2D eigenvalue weighted by molar-refractivity contribution is 5.52. The summed E-state index contributed by atoms with van der Waals surface area (Å²) in [5, 5.41) is 7.83. The van der Waals surface area contributed by atoms with Crippen molar-refractivity contribution >= 4 is 11.5 Å². The first kappa shape index (κ1) is 13.9. The predicted molar refractivity (Wildman–Crippen MR) is 85.9 cm³/mol. The highest BCUT2D eigenvalue weighted by Gasteiger charge is 2.13. The Morgan fingerprint density at radius 3 is 3.00 bits per heavy atom. The van der Waals surface area contributed by atoms with Gasteiger partial charge in [-0.25, -0.2) is 14.5 Å². The van der Waals surface area contributed by atoms with E-state index in [1.54, 1.807) is 0 Å². The van der Waals surface area contributed by atoms with E-state index in [4.69, 9.17) is 4.74 Å². The number of nitrogens with zero attached hydrogens (tertiary/aromatic N) is 5. The number of ether oxygens (including phenoxy) is 1. The van der Waals surface area contributed by atoms with Crippen LogP contribution >= 0.6 is 0 Å². The van der Waals surface area contributed by atoms with Gasteiger partial charge in [0.1, 0.15) is 6.61 Å². The summed E-state index contributed by atoms with van der Waals surface area (Å²) >= 11 is 0. The first-order valence-electron chi connectivity index (χ1n) is 7.75. The summed E-state index contributed by atoms with van der Waals surface area (Å²) in [7, 11) is 0. The number of hydrogen-bond donors (Lipinski definition) is 1. The topological polar surface area (TPSA) is 77.2 Å². The molecule has 0 saturated carbocycles. The zero-order valence-corrected chi connectivity index (χ0v) is 13.2. The van der Waals surface area contributed by atoms with Gasteiger partial charge in [0.05, 0.1) is 17.9 Å². The quantitative estimate of drug-likeness (QED) is 0.794. The lowest BCUT2D eigenvalue weighted by molar-refractivity contribution is 0.321. The van der Waals surface area contributed by atoms with E-state index in [2.05, 4.69) is 25.4 Å². The molecular weight excluding hydrogens is 292 g/mol. The molecule has 1 aliphatic rings. The van der Waals surface area contributed by atoms with E-state index >= 15 is 0 Å². The van der Waals surface area contributed by atoms with Crippen molar-refractivity contribution < 1.29 is 4.74 Å². The van der Waals surface area contributed by atoms with Crippen molar-refractivity contribution in [2.24, 2.45) is 0 Å². The molecule has 0 aliphatic carbocycles. The van der Waals surface area contributed by atoms with Crippen LogP contribution in [0.5, 0.6) is 5.75 Å². The maximum atomic E-state index is 5.55. The van der Waals surface area contributed by atoms with Crippen LogP contribution in [-0.2, 0) is 12.8 Å². The van der Waals surface area contributed by atoms with Crippen LogP contribution in [0.4, 0.5) is 5.82 Å². The van der Waals surface area contributed by atoms with Crippen molar-refractivity contribution in [2.45, 2.75) is 26.7 Å². The standard InChI is InChI=1S/C16H18N6O/c1-10-9-18-11(2)16-20-14(21-22(10)16)6-4-12-3-5-13-15(19-12)17-7-8-23-13/h3,5,9H,4,6-8H2,1-2H3,(H,17,19). The lowest BCUT2D eigenvalue weighted by Crippen LogP contribution is -2.19. The van der Waals surface area contributed by atoms with Crippen LogP contribution in [0.3, 0.4) is 0 Å². The molecule has 0 amide bonds. The van der Waals surface area contributed by atoms with Gasteiger partial charge in [0.15, 0.2) is 23.0 Å². The van der Waals surface area contributed by atoms with Crippen LogP contribution < -0.4 is 10.1 Å². The van der Waals surface area contributed by atoms with E-state index in [0.29, 0.717) is 6.61 Å². The zero-order valence-electron chi connectivity index (χ0n) is 13.2. The van der Waals surface area contributed by atoms with Gasteiger partial charge in [-0.2, -0.15) is 5.10 Å². The molecule has 23 heavy (non-hydrogen) atoms. The van der Waals surface area contributed by atoms with E-state index in [-0.39, 0.29) is 0 Å². The van der Waals surface area contributed by atoms with Crippen LogP contribution in [0, 0.1) is 13.8 Å². The minimum absolute atomic E-state index is 0.686. The van der Waals surface area contributed by atoms with Gasteiger partial charge in [-0.3, -0.25) is 4.98 Å². The summed E-state index contributed by atoms with van der Waals surface area (Å²) in [4.78, 5) is 13.5. The van der Waals surface area contributed by atoms with Gasteiger partial charge >= 0.3 is 0 Å². The van der Waals surface area contributed by atoms with E-state index in [1.807, 2.05) is 36.7 Å². The Bertz CT molecular complexity index is 833. The molecule has 3 aromatic heterocycles. The number of hydrogen-bond acceptors (Lipinski definition) is 6. The number of aryl methyl sites for hydroxylation is 4. The van der Waals surface area contributed by atoms with Crippen LogP contribution in [-0.4, -0.2) is 37.7 Å². The molecule has 118 valence electrons. The third-order valence-electron chi connectivity index (χ3n) is 3.93. The molecule has 3 aromatic rings. The summed E-state index contributed by atoms with van der Waals surface area (Å²) in [5.74, 6) is 2.46. The highest BCUT2D eigenvalue weighted by Crippen LogP contribution is 2.25. The van der Waals surface area contributed by atoms with Crippen molar-refractivity contribution in [1.29, 1.82) is 0 Å². The molecule has 0 unspecified atom stereocenters. The van der Waals surface area contributed by atoms with Crippen LogP contribution in [0.1, 0.15) is 22.9 Å². The lowest BCUT2D eigenvalue weighted by atomic mass is 10.2. The highest BCUT2D eigenvalue weighted by atomic mass is 16.5. The van der Waals surface area contributed by atoms with E-state index < -0.39 is 0 Å². The van der Waals surface area contributed by atoms with E-state index in [9.17, 15) is 0 Å². The largest absolute Gasteiger partial charge is 0.488 e. The summed E-state index contributed by atoms with van der Waals surface area (Å²) in [6.07, 6.45) is 3.35. The normalized spacial score (nSPS) is 13.5. The van der Waals surface area contributed by atoms with Crippen molar-refractivity contribution in [3.05, 3.63) is 41.2 Å². The Morgan fingerprint density at radius 1 is 1.22 bits per heavy atom. The molecule has 7 nitrogen and oxygen atoms in total. The SMILES string of the molecule is Cc1ncc(C)n2nc(CCc3ccc4c(n3)NCCO4)nc12. The smallest absolute Gasteiger partial charge is 0.177 e. The molecule has 0 spiro atoms. The maximum Gasteiger partial charge on any atom is 0.177 e. The number of anilines is 1. The summed E-state index contributed by atoms with van der Waals surface area (Å²) in [6.45, 7) is 5.41. The van der Waals surface area contributed by atoms with E-state index in [1.165, 1.54) is 0 Å². The first-order valence-corrected chi connectivity index (χ1v) is 7.75. The van der Waals surface area contributed by atoms with Gasteiger partial charge < -0.3 is 10.1 Å². The van der Waals surface area contributed by atoms with E-state index in [0.717, 1.165) is 59.5 Å². The van der Waals surface area contributed by atoms with Crippen molar-refractivity contribution in [2.75, 3.05) is 18.5 Å². The molecule has 0 fully saturated rings. The van der Waals surface area contributed by atoms with Gasteiger partial charge in [-0.1, -0.05) is 0 Å². The average molecular weight is 310 g/mol. The lowest BCUT2D eigenvalue weighted by Gasteiger charge is -2.18. The third-order valence-corrected chi connectivity index (χ3v) is 3.93. The molecule has 4 rings (SSSR count). The summed E-state index contributed by atoms with van der Waals surface area (Å²) in [6, 6.07) is 3.97. The molecule has 0 bridgehead atoms. The fourth-order valence-electron chi connectivity index (χ4n) is 2.68. The number of aromatic nitrogens is 5. The van der Waals surface area contributed by atoms with Crippen LogP contribution in [0.2, 0.25) is 0 Å². The number of rotatable bonds is 3. The average Bonchev–Trinajstić information content (AvgIpc) is 3.02. The molecular formula is C16H18N6O. The minimum Gasteiger partial charge on any atom is -0.488 e.